The van der Waals surface area contributed by atoms with Crippen LogP contribution < -0.4 is 5.32 Å². The first-order valence-electron chi connectivity index (χ1n) is 10.5. The number of pyridine rings is 1. The zero-order valence-electron chi connectivity index (χ0n) is 17.6. The molecule has 2 aliphatic rings. The van der Waals surface area contributed by atoms with Crippen LogP contribution in [-0.4, -0.2) is 41.0 Å². The molecule has 1 amide bonds. The summed E-state index contributed by atoms with van der Waals surface area (Å²) < 4.78 is 19.5. The standard InChI is InChI=1S/C24H26FN3O2/c1-23(2)14-26-10-11-28(23)22(29)20-13-19-21(30-20)17(24(3)8-9-24)12-18(27-19)15-4-6-16(25)7-5-15/h4-7,12-13,26H,8-11,14H2,1-3H3. The minimum absolute atomic E-state index is 0.0302. The van der Waals surface area contributed by atoms with E-state index in [-0.39, 0.29) is 22.7 Å². The lowest BCUT2D eigenvalue weighted by molar-refractivity contribution is 0.0448. The second-order valence-corrected chi connectivity index (χ2v) is 9.39. The predicted octanol–water partition coefficient (Wildman–Crippen LogP) is 4.51. The molecule has 0 spiro atoms. The second-order valence-electron chi connectivity index (χ2n) is 9.39. The summed E-state index contributed by atoms with van der Waals surface area (Å²) >= 11 is 0. The normalized spacial score (nSPS) is 19.8. The van der Waals surface area contributed by atoms with Crippen molar-refractivity contribution in [2.45, 2.75) is 44.6 Å². The van der Waals surface area contributed by atoms with E-state index >= 15 is 0 Å². The van der Waals surface area contributed by atoms with Gasteiger partial charge in [0.2, 0.25) is 0 Å². The molecule has 1 aliphatic heterocycles. The van der Waals surface area contributed by atoms with Crippen molar-refractivity contribution in [3.8, 4) is 11.3 Å². The van der Waals surface area contributed by atoms with E-state index in [9.17, 15) is 9.18 Å². The molecule has 30 heavy (non-hydrogen) atoms. The predicted molar refractivity (Wildman–Crippen MR) is 114 cm³/mol. The number of nitrogens with zero attached hydrogens (tertiary/aromatic N) is 2. The topological polar surface area (TPSA) is 58.4 Å². The summed E-state index contributed by atoms with van der Waals surface area (Å²) in [6.07, 6.45) is 2.15. The Kier molecular flexibility index (Phi) is 4.26. The highest BCUT2D eigenvalue weighted by Crippen LogP contribution is 2.50. The highest BCUT2D eigenvalue weighted by Gasteiger charge is 2.42. The van der Waals surface area contributed by atoms with Crippen molar-refractivity contribution in [1.29, 1.82) is 0 Å². The molecular weight excluding hydrogens is 381 g/mol. The van der Waals surface area contributed by atoms with Crippen molar-refractivity contribution in [1.82, 2.24) is 15.2 Å². The van der Waals surface area contributed by atoms with Crippen LogP contribution in [0.3, 0.4) is 0 Å². The third kappa shape index (κ3) is 3.19. The van der Waals surface area contributed by atoms with Crippen molar-refractivity contribution in [3.63, 3.8) is 0 Å². The van der Waals surface area contributed by atoms with Gasteiger partial charge in [-0.05, 0) is 62.4 Å². The SMILES string of the molecule is CC1(c2cc(-c3ccc(F)cc3)nc3cc(C(=O)N4CCNCC4(C)C)oc23)CC1. The number of rotatable bonds is 3. The van der Waals surface area contributed by atoms with Gasteiger partial charge in [0.15, 0.2) is 11.3 Å². The van der Waals surface area contributed by atoms with Gasteiger partial charge in [0.25, 0.3) is 5.91 Å². The van der Waals surface area contributed by atoms with Crippen LogP contribution in [0.5, 0.6) is 0 Å². The lowest BCUT2D eigenvalue weighted by Gasteiger charge is -2.42. The average Bonchev–Trinajstić information content (AvgIpc) is 3.31. The van der Waals surface area contributed by atoms with Crippen molar-refractivity contribution >= 4 is 17.0 Å². The number of benzene rings is 1. The molecule has 3 aromatic rings. The zero-order chi connectivity index (χ0) is 21.1. The largest absolute Gasteiger partial charge is 0.449 e. The number of hydrogen-bond donors (Lipinski definition) is 1. The number of furan rings is 1. The van der Waals surface area contributed by atoms with Crippen LogP contribution in [0, 0.1) is 5.82 Å². The Morgan fingerprint density at radius 3 is 2.57 bits per heavy atom. The smallest absolute Gasteiger partial charge is 0.290 e. The fraction of sp³-hybridized carbons (Fsp3) is 0.417. The molecule has 1 aromatic carbocycles. The highest BCUT2D eigenvalue weighted by atomic mass is 19.1. The van der Waals surface area contributed by atoms with E-state index in [4.69, 9.17) is 9.40 Å². The molecule has 156 valence electrons. The monoisotopic (exact) mass is 407 g/mol. The molecule has 3 heterocycles. The first-order chi connectivity index (χ1) is 14.3. The molecule has 2 aromatic heterocycles. The molecule has 0 atom stereocenters. The van der Waals surface area contributed by atoms with Gasteiger partial charge in [-0.1, -0.05) is 6.92 Å². The van der Waals surface area contributed by atoms with E-state index in [0.29, 0.717) is 23.4 Å². The van der Waals surface area contributed by atoms with Crippen molar-refractivity contribution in [3.05, 3.63) is 53.5 Å². The van der Waals surface area contributed by atoms with Gasteiger partial charge in [0, 0.05) is 36.8 Å². The lowest BCUT2D eigenvalue weighted by atomic mass is 9.96. The summed E-state index contributed by atoms with van der Waals surface area (Å²) in [4.78, 5) is 19.9. The molecule has 5 nitrogen and oxygen atoms in total. The van der Waals surface area contributed by atoms with Gasteiger partial charge in [-0.15, -0.1) is 0 Å². The third-order valence-electron chi connectivity index (χ3n) is 6.53. The molecule has 5 rings (SSSR count). The Bertz CT molecular complexity index is 1130. The first-order valence-corrected chi connectivity index (χ1v) is 10.5. The van der Waals surface area contributed by atoms with E-state index in [1.54, 1.807) is 18.2 Å². The van der Waals surface area contributed by atoms with Gasteiger partial charge in [-0.2, -0.15) is 0 Å². The van der Waals surface area contributed by atoms with E-state index < -0.39 is 0 Å². The molecule has 1 saturated heterocycles. The third-order valence-corrected chi connectivity index (χ3v) is 6.53. The van der Waals surface area contributed by atoms with Crippen LogP contribution in [0.1, 0.15) is 49.7 Å². The number of aromatic nitrogens is 1. The fourth-order valence-electron chi connectivity index (χ4n) is 4.29. The number of piperazine rings is 1. The molecule has 0 radical (unpaired) electrons. The van der Waals surface area contributed by atoms with Crippen LogP contribution in [0.2, 0.25) is 0 Å². The number of halogens is 1. The fourth-order valence-corrected chi connectivity index (χ4v) is 4.29. The molecule has 2 fully saturated rings. The number of fused-ring (bicyclic) bond motifs is 1. The Morgan fingerprint density at radius 1 is 1.17 bits per heavy atom. The maximum Gasteiger partial charge on any atom is 0.290 e. The first kappa shape index (κ1) is 19.2. The molecule has 0 bridgehead atoms. The number of nitrogens with one attached hydrogen (secondary N) is 1. The Balaban J connectivity index is 1.61. The highest BCUT2D eigenvalue weighted by molar-refractivity contribution is 5.97. The minimum Gasteiger partial charge on any atom is -0.449 e. The Hall–Kier alpha value is -2.73. The molecule has 0 unspecified atom stereocenters. The van der Waals surface area contributed by atoms with Gasteiger partial charge in [-0.3, -0.25) is 4.79 Å². The molecule has 1 aliphatic carbocycles. The van der Waals surface area contributed by atoms with Crippen LogP contribution in [0.4, 0.5) is 4.39 Å². The van der Waals surface area contributed by atoms with E-state index in [0.717, 1.165) is 42.8 Å². The van der Waals surface area contributed by atoms with Crippen LogP contribution >= 0.6 is 0 Å². The minimum atomic E-state index is -0.285. The summed E-state index contributed by atoms with van der Waals surface area (Å²) in [5.41, 5.74) is 3.81. The second kappa shape index (κ2) is 6.64. The van der Waals surface area contributed by atoms with Crippen molar-refractivity contribution in [2.24, 2.45) is 0 Å². The Labute approximate surface area is 175 Å². The van der Waals surface area contributed by atoms with Gasteiger partial charge >= 0.3 is 0 Å². The van der Waals surface area contributed by atoms with E-state index in [1.165, 1.54) is 12.1 Å². The summed E-state index contributed by atoms with van der Waals surface area (Å²) in [7, 11) is 0. The maximum atomic E-state index is 13.4. The maximum absolute atomic E-state index is 13.4. The van der Waals surface area contributed by atoms with Crippen molar-refractivity contribution < 1.29 is 13.6 Å². The number of carbonyl (C=O) groups excluding carboxylic acids is 1. The van der Waals surface area contributed by atoms with Crippen LogP contribution in [0.15, 0.2) is 40.8 Å². The van der Waals surface area contributed by atoms with Gasteiger partial charge in [0.05, 0.1) is 11.2 Å². The van der Waals surface area contributed by atoms with Gasteiger partial charge in [-0.25, -0.2) is 9.37 Å². The summed E-state index contributed by atoms with van der Waals surface area (Å²) in [5.74, 6) is -0.0481. The summed E-state index contributed by atoms with van der Waals surface area (Å²) in [6, 6.07) is 10.1. The quantitative estimate of drug-likeness (QED) is 0.694. The number of amides is 1. The Morgan fingerprint density at radius 2 is 1.90 bits per heavy atom. The van der Waals surface area contributed by atoms with Crippen molar-refractivity contribution in [2.75, 3.05) is 19.6 Å². The van der Waals surface area contributed by atoms with Crippen LogP contribution in [0.25, 0.3) is 22.4 Å². The van der Waals surface area contributed by atoms with Crippen LogP contribution in [-0.2, 0) is 5.41 Å². The number of carbonyl (C=O) groups is 1. The molecule has 6 heteroatoms. The summed E-state index contributed by atoms with van der Waals surface area (Å²) in [5, 5.41) is 3.34. The zero-order valence-corrected chi connectivity index (χ0v) is 17.6. The van der Waals surface area contributed by atoms with E-state index in [1.807, 2.05) is 11.0 Å². The van der Waals surface area contributed by atoms with E-state index in [2.05, 4.69) is 26.1 Å². The summed E-state index contributed by atoms with van der Waals surface area (Å²) in [6.45, 7) is 8.48. The average molecular weight is 407 g/mol. The lowest BCUT2D eigenvalue weighted by Crippen LogP contribution is -2.59. The molecular formula is C24H26FN3O2. The molecule has 1 saturated carbocycles. The van der Waals surface area contributed by atoms with Gasteiger partial charge < -0.3 is 14.6 Å². The molecule has 1 N–H and O–H groups in total. The van der Waals surface area contributed by atoms with Gasteiger partial charge in [0.1, 0.15) is 11.3 Å². The number of hydrogen-bond acceptors (Lipinski definition) is 4.